The molecule has 0 aliphatic carbocycles. The van der Waals surface area contributed by atoms with Gasteiger partial charge in [-0.05, 0) is 18.6 Å². The second-order valence-corrected chi connectivity index (χ2v) is 4.07. The zero-order chi connectivity index (χ0) is 11.0. The van der Waals surface area contributed by atoms with Crippen LogP contribution in [-0.2, 0) is 19.9 Å². The van der Waals surface area contributed by atoms with Crippen LogP contribution in [0, 0.1) is 0 Å². The number of hydrogen-bond donors (Lipinski definition) is 1. The van der Waals surface area contributed by atoms with E-state index in [1.54, 1.807) is 0 Å². The minimum atomic E-state index is 0.825. The predicted molar refractivity (Wildman–Crippen MR) is 62.4 cm³/mol. The van der Waals surface area contributed by atoms with E-state index >= 15 is 0 Å². The highest BCUT2D eigenvalue weighted by Gasteiger charge is 2.20. The zero-order valence-corrected chi connectivity index (χ0v) is 9.27. The van der Waals surface area contributed by atoms with Gasteiger partial charge in [-0.15, -0.1) is 0 Å². The minimum absolute atomic E-state index is 0.825. The van der Waals surface area contributed by atoms with Crippen LogP contribution < -0.4 is 5.32 Å². The molecule has 2 aromatic rings. The number of aryl methyl sites for hydroxylation is 1. The Morgan fingerprint density at radius 2 is 2.38 bits per heavy atom. The van der Waals surface area contributed by atoms with Crippen molar-refractivity contribution in [2.45, 2.75) is 12.8 Å². The Morgan fingerprint density at radius 3 is 3.19 bits per heavy atom. The molecule has 0 spiro atoms. The van der Waals surface area contributed by atoms with Gasteiger partial charge in [0.25, 0.3) is 0 Å². The standard InChI is InChI=1S/C12H14N4/c1-16-12-10(5-7-14-12)11(15-16)8-9-4-2-3-6-13-9/h2-4,6,14H,5,7-8H2,1H3. The van der Waals surface area contributed by atoms with Gasteiger partial charge in [-0.25, -0.2) is 0 Å². The van der Waals surface area contributed by atoms with Crippen molar-refractivity contribution in [1.29, 1.82) is 0 Å². The summed E-state index contributed by atoms with van der Waals surface area (Å²) in [4.78, 5) is 4.34. The SMILES string of the molecule is Cn1nc(Cc2ccccn2)c2c1NCC2. The van der Waals surface area contributed by atoms with E-state index in [4.69, 9.17) is 0 Å². The molecule has 4 heteroatoms. The average Bonchev–Trinajstić information content (AvgIpc) is 2.87. The summed E-state index contributed by atoms with van der Waals surface area (Å²) in [6.07, 6.45) is 3.73. The van der Waals surface area contributed by atoms with Gasteiger partial charge in [-0.3, -0.25) is 9.67 Å². The van der Waals surface area contributed by atoms with Crippen molar-refractivity contribution in [3.05, 3.63) is 41.3 Å². The predicted octanol–water partition coefficient (Wildman–Crippen LogP) is 1.37. The molecule has 0 aromatic carbocycles. The first-order valence-electron chi connectivity index (χ1n) is 5.53. The highest BCUT2D eigenvalue weighted by Crippen LogP contribution is 2.25. The van der Waals surface area contributed by atoms with Crippen LogP contribution in [0.1, 0.15) is 17.0 Å². The number of fused-ring (bicyclic) bond motifs is 1. The fraction of sp³-hybridized carbons (Fsp3) is 0.333. The Labute approximate surface area is 94.3 Å². The van der Waals surface area contributed by atoms with Gasteiger partial charge in [-0.1, -0.05) is 6.07 Å². The van der Waals surface area contributed by atoms with Crippen molar-refractivity contribution in [2.24, 2.45) is 7.05 Å². The Bertz CT molecular complexity index is 501. The van der Waals surface area contributed by atoms with Gasteiger partial charge >= 0.3 is 0 Å². The molecular weight excluding hydrogens is 200 g/mol. The molecule has 0 unspecified atom stereocenters. The summed E-state index contributed by atoms with van der Waals surface area (Å²) in [6, 6.07) is 6.00. The molecule has 1 aliphatic heterocycles. The smallest absolute Gasteiger partial charge is 0.127 e. The van der Waals surface area contributed by atoms with Crippen LogP contribution in [0.3, 0.4) is 0 Å². The van der Waals surface area contributed by atoms with E-state index in [1.165, 1.54) is 11.4 Å². The molecule has 0 amide bonds. The van der Waals surface area contributed by atoms with Crippen molar-refractivity contribution < 1.29 is 0 Å². The summed E-state index contributed by atoms with van der Waals surface area (Å²) in [7, 11) is 1.99. The maximum absolute atomic E-state index is 4.54. The second kappa shape index (κ2) is 3.63. The Morgan fingerprint density at radius 1 is 1.44 bits per heavy atom. The van der Waals surface area contributed by atoms with Crippen molar-refractivity contribution >= 4 is 5.82 Å². The maximum Gasteiger partial charge on any atom is 0.127 e. The van der Waals surface area contributed by atoms with E-state index in [0.717, 1.165) is 30.8 Å². The van der Waals surface area contributed by atoms with Gasteiger partial charge in [0.15, 0.2) is 0 Å². The first-order valence-corrected chi connectivity index (χ1v) is 5.53. The third-order valence-electron chi connectivity index (χ3n) is 2.97. The second-order valence-electron chi connectivity index (χ2n) is 4.07. The number of anilines is 1. The summed E-state index contributed by atoms with van der Waals surface area (Å²) >= 11 is 0. The molecule has 4 nitrogen and oxygen atoms in total. The van der Waals surface area contributed by atoms with Crippen molar-refractivity contribution in [1.82, 2.24) is 14.8 Å². The van der Waals surface area contributed by atoms with Crippen LogP contribution in [-0.4, -0.2) is 21.3 Å². The molecule has 1 N–H and O–H groups in total. The first-order chi connectivity index (χ1) is 7.84. The number of rotatable bonds is 2. The Balaban J connectivity index is 1.94. The summed E-state index contributed by atoms with van der Waals surface area (Å²) < 4.78 is 1.93. The van der Waals surface area contributed by atoms with Crippen molar-refractivity contribution in [2.75, 3.05) is 11.9 Å². The van der Waals surface area contributed by atoms with E-state index in [0.29, 0.717) is 0 Å². The van der Waals surface area contributed by atoms with Gasteiger partial charge in [0.2, 0.25) is 0 Å². The number of nitrogens with one attached hydrogen (secondary N) is 1. The summed E-state index contributed by atoms with van der Waals surface area (Å²) in [5, 5.41) is 7.90. The quantitative estimate of drug-likeness (QED) is 0.821. The van der Waals surface area contributed by atoms with Crippen molar-refractivity contribution in [3.8, 4) is 0 Å². The van der Waals surface area contributed by atoms with Crippen molar-refractivity contribution in [3.63, 3.8) is 0 Å². The summed E-state index contributed by atoms with van der Waals surface area (Å²) in [6.45, 7) is 1.02. The lowest BCUT2D eigenvalue weighted by atomic mass is 10.1. The number of hydrogen-bond acceptors (Lipinski definition) is 3. The molecule has 16 heavy (non-hydrogen) atoms. The lowest BCUT2D eigenvalue weighted by molar-refractivity contribution is 0.748. The molecule has 2 aromatic heterocycles. The van der Waals surface area contributed by atoms with E-state index < -0.39 is 0 Å². The van der Waals surface area contributed by atoms with Crippen LogP contribution in [0.15, 0.2) is 24.4 Å². The molecule has 0 bridgehead atoms. The molecule has 0 radical (unpaired) electrons. The topological polar surface area (TPSA) is 42.7 Å². The highest BCUT2D eigenvalue weighted by molar-refractivity contribution is 5.52. The van der Waals surface area contributed by atoms with Crippen LogP contribution in [0.25, 0.3) is 0 Å². The molecule has 82 valence electrons. The molecule has 0 fully saturated rings. The van der Waals surface area contributed by atoms with Gasteiger partial charge in [0, 0.05) is 37.5 Å². The highest BCUT2D eigenvalue weighted by atomic mass is 15.3. The molecule has 0 atom stereocenters. The first kappa shape index (κ1) is 9.39. The zero-order valence-electron chi connectivity index (χ0n) is 9.27. The largest absolute Gasteiger partial charge is 0.370 e. The fourth-order valence-corrected chi connectivity index (χ4v) is 2.23. The van der Waals surface area contributed by atoms with Crippen LogP contribution in [0.2, 0.25) is 0 Å². The van der Waals surface area contributed by atoms with E-state index in [2.05, 4.69) is 15.4 Å². The monoisotopic (exact) mass is 214 g/mol. The Kier molecular flexibility index (Phi) is 2.13. The number of pyridine rings is 1. The molecule has 0 saturated carbocycles. The van der Waals surface area contributed by atoms with E-state index in [-0.39, 0.29) is 0 Å². The van der Waals surface area contributed by atoms with Crippen LogP contribution in [0.4, 0.5) is 5.82 Å². The molecule has 0 saturated heterocycles. The summed E-state index contributed by atoms with van der Waals surface area (Å²) in [5.74, 6) is 1.17. The molecule has 1 aliphatic rings. The lowest BCUT2D eigenvalue weighted by Gasteiger charge is -1.98. The third kappa shape index (κ3) is 1.46. The van der Waals surface area contributed by atoms with Gasteiger partial charge < -0.3 is 5.32 Å². The third-order valence-corrected chi connectivity index (χ3v) is 2.97. The average molecular weight is 214 g/mol. The maximum atomic E-state index is 4.54. The van der Waals surface area contributed by atoms with Gasteiger partial charge in [0.1, 0.15) is 5.82 Å². The number of aromatic nitrogens is 3. The molecular formula is C12H14N4. The van der Waals surface area contributed by atoms with E-state index in [1.807, 2.05) is 36.1 Å². The normalized spacial score (nSPS) is 13.6. The van der Waals surface area contributed by atoms with E-state index in [9.17, 15) is 0 Å². The molecule has 3 heterocycles. The van der Waals surface area contributed by atoms with Gasteiger partial charge in [-0.2, -0.15) is 5.10 Å². The van der Waals surface area contributed by atoms with Crippen LogP contribution in [0.5, 0.6) is 0 Å². The van der Waals surface area contributed by atoms with Gasteiger partial charge in [0.05, 0.1) is 5.69 Å². The summed E-state index contributed by atoms with van der Waals surface area (Å²) in [5.41, 5.74) is 3.59. The molecule has 3 rings (SSSR count). The Hall–Kier alpha value is -1.84. The lowest BCUT2D eigenvalue weighted by Crippen LogP contribution is -2.03. The number of nitrogens with zero attached hydrogens (tertiary/aromatic N) is 3. The minimum Gasteiger partial charge on any atom is -0.370 e. The van der Waals surface area contributed by atoms with Crippen LogP contribution >= 0.6 is 0 Å². The fourth-order valence-electron chi connectivity index (χ4n) is 2.23.